The van der Waals surface area contributed by atoms with Gasteiger partial charge in [0.1, 0.15) is 0 Å². The number of halogens is 3. The number of benzene rings is 2. The Morgan fingerprint density at radius 1 is 1.08 bits per heavy atom. The van der Waals surface area contributed by atoms with Gasteiger partial charge in [0, 0.05) is 61.1 Å². The van der Waals surface area contributed by atoms with E-state index < -0.39 is 11.7 Å². The third-order valence-corrected chi connectivity index (χ3v) is 7.07. The summed E-state index contributed by atoms with van der Waals surface area (Å²) in [5.41, 5.74) is 3.60. The number of piperidine rings is 1. The number of hydrogen-bond acceptors (Lipinski definition) is 4. The maximum Gasteiger partial charge on any atom is 0.416 e. The molecule has 39 heavy (non-hydrogen) atoms. The summed E-state index contributed by atoms with van der Waals surface area (Å²) in [6, 6.07) is 17.2. The van der Waals surface area contributed by atoms with Crippen LogP contribution >= 0.6 is 0 Å². The van der Waals surface area contributed by atoms with Crippen LogP contribution in [0.5, 0.6) is 0 Å². The number of aromatic nitrogens is 1. The zero-order chi connectivity index (χ0) is 28.0. The number of hydrogen-bond donors (Lipinski definition) is 1. The minimum absolute atomic E-state index is 0.0734. The molecule has 4 rings (SSSR count). The fourth-order valence-electron chi connectivity index (χ4n) is 4.88. The summed E-state index contributed by atoms with van der Waals surface area (Å²) in [5.74, 6) is -0.152. The van der Waals surface area contributed by atoms with Crippen LogP contribution in [0.25, 0.3) is 6.08 Å². The summed E-state index contributed by atoms with van der Waals surface area (Å²) in [4.78, 5) is 22.0. The van der Waals surface area contributed by atoms with Crippen LogP contribution in [-0.4, -0.2) is 45.9 Å². The maximum atomic E-state index is 13.5. The lowest BCUT2D eigenvalue weighted by Gasteiger charge is -2.39. The van der Waals surface area contributed by atoms with E-state index in [1.54, 1.807) is 12.3 Å². The number of carbonyl (C=O) groups is 1. The molecule has 2 heterocycles. The summed E-state index contributed by atoms with van der Waals surface area (Å²) in [5, 5.41) is 3.40. The highest BCUT2D eigenvalue weighted by Gasteiger charge is 2.30. The van der Waals surface area contributed by atoms with Crippen molar-refractivity contribution in [1.82, 2.24) is 14.8 Å². The minimum Gasteiger partial charge on any atom is -0.355 e. The van der Waals surface area contributed by atoms with Crippen molar-refractivity contribution in [2.45, 2.75) is 58.4 Å². The topological polar surface area (TPSA) is 48.5 Å². The van der Waals surface area contributed by atoms with E-state index in [1.165, 1.54) is 18.2 Å². The highest BCUT2D eigenvalue weighted by molar-refractivity contribution is 5.92. The molecule has 0 saturated carbocycles. The van der Waals surface area contributed by atoms with Crippen molar-refractivity contribution in [2.24, 2.45) is 0 Å². The normalized spacial score (nSPS) is 15.2. The van der Waals surface area contributed by atoms with Crippen molar-refractivity contribution >= 4 is 23.4 Å². The van der Waals surface area contributed by atoms with Crippen molar-refractivity contribution in [3.63, 3.8) is 0 Å². The van der Waals surface area contributed by atoms with E-state index in [-0.39, 0.29) is 11.9 Å². The number of pyridine rings is 1. The molecule has 3 aromatic rings. The first kappa shape index (κ1) is 28.4. The van der Waals surface area contributed by atoms with Gasteiger partial charge >= 0.3 is 6.18 Å². The summed E-state index contributed by atoms with van der Waals surface area (Å²) in [6.07, 6.45) is 2.16. The molecular weight excluding hydrogens is 501 g/mol. The number of nitrogens with zero attached hydrogens (tertiary/aromatic N) is 3. The van der Waals surface area contributed by atoms with Crippen molar-refractivity contribution in [1.29, 1.82) is 0 Å². The van der Waals surface area contributed by atoms with Gasteiger partial charge in [0.25, 0.3) is 0 Å². The molecule has 2 aromatic carbocycles. The van der Waals surface area contributed by atoms with Gasteiger partial charge in [-0.05, 0) is 87.2 Å². The minimum atomic E-state index is -4.39. The van der Waals surface area contributed by atoms with Crippen LogP contribution in [0.4, 0.5) is 24.5 Å². The highest BCUT2D eigenvalue weighted by Crippen LogP contribution is 2.29. The van der Waals surface area contributed by atoms with Gasteiger partial charge in [0.2, 0.25) is 5.91 Å². The van der Waals surface area contributed by atoms with Gasteiger partial charge in [0.15, 0.2) is 0 Å². The lowest BCUT2D eigenvalue weighted by molar-refractivity contribution is -0.137. The quantitative estimate of drug-likeness (QED) is 0.313. The van der Waals surface area contributed by atoms with Gasteiger partial charge in [0.05, 0.1) is 5.56 Å². The fourth-order valence-corrected chi connectivity index (χ4v) is 4.88. The third kappa shape index (κ3) is 7.93. The Morgan fingerprint density at radius 3 is 2.41 bits per heavy atom. The van der Waals surface area contributed by atoms with Gasteiger partial charge in [-0.2, -0.15) is 13.2 Å². The Kier molecular flexibility index (Phi) is 9.07. The van der Waals surface area contributed by atoms with E-state index in [0.717, 1.165) is 60.7 Å². The zero-order valence-electron chi connectivity index (χ0n) is 22.6. The van der Waals surface area contributed by atoms with Crippen LogP contribution in [0, 0.1) is 6.92 Å². The van der Waals surface area contributed by atoms with Crippen LogP contribution in [0.1, 0.15) is 49.1 Å². The van der Waals surface area contributed by atoms with Gasteiger partial charge in [-0.25, -0.2) is 0 Å². The predicted molar refractivity (Wildman–Crippen MR) is 149 cm³/mol. The molecule has 0 spiro atoms. The monoisotopic (exact) mass is 536 g/mol. The summed E-state index contributed by atoms with van der Waals surface area (Å²) < 4.78 is 38.7. The fraction of sp³-hybridized carbons (Fsp3) is 0.355. The lowest BCUT2D eigenvalue weighted by atomic mass is 10.0. The number of amides is 1. The number of anilines is 2. The van der Waals surface area contributed by atoms with Crippen LogP contribution in [-0.2, 0) is 17.5 Å². The molecule has 0 radical (unpaired) electrons. The van der Waals surface area contributed by atoms with Crippen molar-refractivity contribution in [3.8, 4) is 0 Å². The van der Waals surface area contributed by atoms with E-state index in [2.05, 4.69) is 29.0 Å². The molecule has 1 N–H and O–H groups in total. The molecule has 8 heteroatoms. The number of alkyl halides is 3. The number of nitrogens with one attached hydrogen (secondary N) is 1. The smallest absolute Gasteiger partial charge is 0.355 e. The molecule has 1 amide bonds. The van der Waals surface area contributed by atoms with Gasteiger partial charge < -0.3 is 15.1 Å². The average molecular weight is 537 g/mol. The second-order valence-electron chi connectivity index (χ2n) is 10.3. The lowest BCUT2D eigenvalue weighted by Crippen LogP contribution is -2.48. The van der Waals surface area contributed by atoms with Gasteiger partial charge in [-0.15, -0.1) is 0 Å². The second kappa shape index (κ2) is 12.5. The molecule has 0 aliphatic carbocycles. The SMILES string of the molecule is Cc1cc(Nc2cccc(CN(C(=O)/C=C/c3ccc(C(F)(F)F)cc3)C3CCN(C(C)C)CC3)c2)ccn1. The van der Waals surface area contributed by atoms with Crippen molar-refractivity contribution in [3.05, 3.63) is 95.3 Å². The van der Waals surface area contributed by atoms with E-state index >= 15 is 0 Å². The molecular formula is C31H35F3N4O. The predicted octanol–water partition coefficient (Wildman–Crippen LogP) is 7.07. The number of likely N-dealkylation sites (tertiary alicyclic amines) is 1. The molecule has 1 aliphatic rings. The zero-order valence-corrected chi connectivity index (χ0v) is 22.6. The largest absolute Gasteiger partial charge is 0.416 e. The van der Waals surface area contributed by atoms with Crippen LogP contribution in [0.15, 0.2) is 72.9 Å². The Morgan fingerprint density at radius 2 is 1.77 bits per heavy atom. The van der Waals surface area contributed by atoms with Gasteiger partial charge in [-0.3, -0.25) is 9.78 Å². The standard InChI is InChI=1S/C31H35F3N4O/c1-22(2)37-17-14-29(15-18-37)38(30(39)12-9-24-7-10-26(11-8-24)31(32,33)34)21-25-5-4-6-27(20-25)36-28-13-16-35-23(3)19-28/h4-13,16,19-20,22,29H,14-15,17-18,21H2,1-3H3,(H,35,36)/b12-9+. The first-order chi connectivity index (χ1) is 18.6. The van der Waals surface area contributed by atoms with Crippen molar-refractivity contribution in [2.75, 3.05) is 18.4 Å². The van der Waals surface area contributed by atoms with Crippen LogP contribution in [0.2, 0.25) is 0 Å². The molecule has 1 fully saturated rings. The van der Waals surface area contributed by atoms with E-state index in [0.29, 0.717) is 18.2 Å². The number of carbonyl (C=O) groups excluding carboxylic acids is 1. The van der Waals surface area contributed by atoms with E-state index in [1.807, 2.05) is 48.2 Å². The Labute approximate surface area is 228 Å². The molecule has 1 aliphatic heterocycles. The molecule has 206 valence electrons. The van der Waals surface area contributed by atoms with Crippen molar-refractivity contribution < 1.29 is 18.0 Å². The van der Waals surface area contributed by atoms with Crippen LogP contribution < -0.4 is 5.32 Å². The molecule has 1 saturated heterocycles. The maximum absolute atomic E-state index is 13.5. The molecule has 0 atom stereocenters. The Bertz CT molecular complexity index is 1280. The summed E-state index contributed by atoms with van der Waals surface area (Å²) in [7, 11) is 0. The summed E-state index contributed by atoms with van der Waals surface area (Å²) in [6.45, 7) is 8.56. The molecule has 5 nitrogen and oxygen atoms in total. The highest BCUT2D eigenvalue weighted by atomic mass is 19.4. The first-order valence-corrected chi connectivity index (χ1v) is 13.3. The molecule has 0 bridgehead atoms. The number of aryl methyl sites for hydroxylation is 1. The molecule has 1 aromatic heterocycles. The van der Waals surface area contributed by atoms with Crippen LogP contribution in [0.3, 0.4) is 0 Å². The Balaban J connectivity index is 1.52. The number of rotatable bonds is 8. The second-order valence-corrected chi connectivity index (χ2v) is 10.3. The Hall–Kier alpha value is -3.65. The average Bonchev–Trinajstić information content (AvgIpc) is 2.90. The first-order valence-electron chi connectivity index (χ1n) is 13.3. The molecule has 0 unspecified atom stereocenters. The third-order valence-electron chi connectivity index (χ3n) is 7.07. The summed E-state index contributed by atoms with van der Waals surface area (Å²) >= 11 is 0. The van der Waals surface area contributed by atoms with E-state index in [4.69, 9.17) is 0 Å². The van der Waals surface area contributed by atoms with Gasteiger partial charge in [-0.1, -0.05) is 24.3 Å². The van der Waals surface area contributed by atoms with E-state index in [9.17, 15) is 18.0 Å².